The van der Waals surface area contributed by atoms with Crippen molar-refractivity contribution in [1.29, 1.82) is 0 Å². The van der Waals surface area contributed by atoms with Gasteiger partial charge in [-0.05, 0) is 60.6 Å². The third-order valence-electron chi connectivity index (χ3n) is 2.99. The summed E-state index contributed by atoms with van der Waals surface area (Å²) in [5.41, 5.74) is -3.56. The zero-order chi connectivity index (χ0) is 16.3. The van der Waals surface area contributed by atoms with E-state index in [0.29, 0.717) is 10.8 Å². The van der Waals surface area contributed by atoms with E-state index in [4.69, 9.17) is 12.2 Å². The molecular formula is C14H19F3N2S2. The lowest BCUT2D eigenvalue weighted by Gasteiger charge is -2.29. The van der Waals surface area contributed by atoms with Crippen molar-refractivity contribution in [2.45, 2.75) is 44.1 Å². The van der Waals surface area contributed by atoms with Gasteiger partial charge in [-0.1, -0.05) is 20.8 Å². The second-order valence-electron chi connectivity index (χ2n) is 5.76. The fourth-order valence-corrected chi connectivity index (χ4v) is 2.15. The highest BCUT2D eigenvalue weighted by Gasteiger charge is 2.29. The summed E-state index contributed by atoms with van der Waals surface area (Å²) in [6.07, 6.45) is 0. The molecule has 0 radical (unpaired) electrons. The van der Waals surface area contributed by atoms with E-state index in [9.17, 15) is 13.2 Å². The van der Waals surface area contributed by atoms with Gasteiger partial charge in [-0.2, -0.15) is 13.2 Å². The second-order valence-corrected chi connectivity index (χ2v) is 7.31. The Labute approximate surface area is 132 Å². The summed E-state index contributed by atoms with van der Waals surface area (Å²) in [5.74, 6) is 0. The molecule has 21 heavy (non-hydrogen) atoms. The molecular weight excluding hydrogens is 317 g/mol. The molecule has 0 heterocycles. The van der Waals surface area contributed by atoms with Gasteiger partial charge in [0.25, 0.3) is 0 Å². The van der Waals surface area contributed by atoms with Crippen molar-refractivity contribution in [1.82, 2.24) is 5.32 Å². The Balaban J connectivity index is 2.58. The van der Waals surface area contributed by atoms with Crippen LogP contribution in [0.5, 0.6) is 0 Å². The van der Waals surface area contributed by atoms with E-state index in [0.717, 1.165) is 0 Å². The first-order chi connectivity index (χ1) is 9.47. The average molecular weight is 336 g/mol. The predicted octanol–water partition coefficient (Wildman–Crippen LogP) is 5.02. The number of hydrogen-bond acceptors (Lipinski definition) is 2. The minimum absolute atomic E-state index is 0.0545. The number of benzene rings is 1. The number of rotatable bonds is 3. The van der Waals surface area contributed by atoms with Crippen molar-refractivity contribution in [3.05, 3.63) is 24.3 Å². The Morgan fingerprint density at radius 1 is 1.14 bits per heavy atom. The van der Waals surface area contributed by atoms with Gasteiger partial charge in [0.05, 0.1) is 0 Å². The van der Waals surface area contributed by atoms with Crippen LogP contribution in [-0.4, -0.2) is 16.7 Å². The monoisotopic (exact) mass is 336 g/mol. The highest BCUT2D eigenvalue weighted by Crippen LogP contribution is 2.37. The molecule has 1 aromatic rings. The molecule has 0 saturated carbocycles. The number of nitrogens with one attached hydrogen (secondary N) is 2. The van der Waals surface area contributed by atoms with E-state index in [1.165, 1.54) is 12.1 Å². The maximum atomic E-state index is 12.2. The molecule has 7 heteroatoms. The van der Waals surface area contributed by atoms with Gasteiger partial charge in [-0.15, -0.1) is 0 Å². The van der Waals surface area contributed by atoms with Crippen molar-refractivity contribution in [2.75, 3.05) is 5.32 Å². The van der Waals surface area contributed by atoms with E-state index in [1.54, 1.807) is 12.1 Å². The van der Waals surface area contributed by atoms with Crippen LogP contribution in [0.4, 0.5) is 18.9 Å². The minimum atomic E-state index is -4.27. The van der Waals surface area contributed by atoms with Crippen molar-refractivity contribution in [3.8, 4) is 0 Å². The van der Waals surface area contributed by atoms with Crippen LogP contribution in [0.2, 0.25) is 0 Å². The summed E-state index contributed by atoms with van der Waals surface area (Å²) in [4.78, 5) is 0.148. The molecule has 0 amide bonds. The van der Waals surface area contributed by atoms with Crippen LogP contribution in [0.25, 0.3) is 0 Å². The maximum absolute atomic E-state index is 12.2. The molecule has 1 aromatic carbocycles. The first kappa shape index (κ1) is 18.1. The van der Waals surface area contributed by atoms with E-state index >= 15 is 0 Å². The molecule has 0 saturated heterocycles. The molecule has 0 aliphatic heterocycles. The standard InChI is InChI=1S/C14H19F3N2S2/c1-9(13(2,3)4)18-12(20)19-10-5-7-11(8-6-10)21-14(15,16)17/h5-9H,1-4H3,(H2,18,19,20)/t9-/m1/s1. The predicted molar refractivity (Wildman–Crippen MR) is 86.6 cm³/mol. The van der Waals surface area contributed by atoms with Crippen LogP contribution in [0.3, 0.4) is 0 Å². The number of thioether (sulfide) groups is 1. The first-order valence-electron chi connectivity index (χ1n) is 6.41. The topological polar surface area (TPSA) is 24.1 Å². The van der Waals surface area contributed by atoms with Gasteiger partial charge in [-0.3, -0.25) is 0 Å². The van der Waals surface area contributed by atoms with E-state index in [1.807, 2.05) is 6.92 Å². The number of hydrogen-bond donors (Lipinski definition) is 2. The third kappa shape index (κ3) is 7.04. The number of anilines is 1. The largest absolute Gasteiger partial charge is 0.446 e. The van der Waals surface area contributed by atoms with Gasteiger partial charge >= 0.3 is 5.51 Å². The third-order valence-corrected chi connectivity index (χ3v) is 3.95. The number of alkyl halides is 3. The molecule has 0 aromatic heterocycles. The van der Waals surface area contributed by atoms with Crippen molar-refractivity contribution in [2.24, 2.45) is 5.41 Å². The first-order valence-corrected chi connectivity index (χ1v) is 7.63. The SMILES string of the molecule is C[C@@H](NC(=S)Nc1ccc(SC(F)(F)F)cc1)C(C)(C)C. The van der Waals surface area contributed by atoms with E-state index in [2.05, 4.69) is 31.4 Å². The molecule has 0 bridgehead atoms. The quantitative estimate of drug-likeness (QED) is 0.598. The molecule has 0 spiro atoms. The molecule has 0 aliphatic rings. The zero-order valence-electron chi connectivity index (χ0n) is 12.3. The Kier molecular flexibility index (Phi) is 5.92. The Hall–Kier alpha value is -0.950. The zero-order valence-corrected chi connectivity index (χ0v) is 14.0. The van der Waals surface area contributed by atoms with Gasteiger partial charge in [0.1, 0.15) is 0 Å². The van der Waals surface area contributed by atoms with Crippen LogP contribution in [0.15, 0.2) is 29.2 Å². The fourth-order valence-electron chi connectivity index (χ4n) is 1.32. The lowest BCUT2D eigenvalue weighted by atomic mass is 9.88. The second kappa shape index (κ2) is 6.87. The van der Waals surface area contributed by atoms with Crippen molar-refractivity contribution in [3.63, 3.8) is 0 Å². The highest BCUT2D eigenvalue weighted by molar-refractivity contribution is 8.00. The molecule has 1 atom stereocenters. The summed E-state index contributed by atoms with van der Waals surface area (Å²) in [7, 11) is 0. The van der Waals surface area contributed by atoms with Gasteiger partial charge in [0.2, 0.25) is 0 Å². The summed E-state index contributed by atoms with van der Waals surface area (Å²) in [6, 6.07) is 6.14. The minimum Gasteiger partial charge on any atom is -0.359 e. The van der Waals surface area contributed by atoms with Crippen LogP contribution < -0.4 is 10.6 Å². The van der Waals surface area contributed by atoms with E-state index < -0.39 is 5.51 Å². The summed E-state index contributed by atoms with van der Waals surface area (Å²) in [6.45, 7) is 8.31. The van der Waals surface area contributed by atoms with Crippen LogP contribution in [0, 0.1) is 5.41 Å². The number of thiocarbonyl (C=S) groups is 1. The lowest BCUT2D eigenvalue weighted by molar-refractivity contribution is -0.0328. The Morgan fingerprint density at radius 3 is 2.10 bits per heavy atom. The van der Waals surface area contributed by atoms with Crippen LogP contribution in [-0.2, 0) is 0 Å². The van der Waals surface area contributed by atoms with E-state index in [-0.39, 0.29) is 28.1 Å². The highest BCUT2D eigenvalue weighted by atomic mass is 32.2. The van der Waals surface area contributed by atoms with Crippen molar-refractivity contribution < 1.29 is 13.2 Å². The molecule has 0 unspecified atom stereocenters. The lowest BCUT2D eigenvalue weighted by Crippen LogP contribution is -2.43. The summed E-state index contributed by atoms with van der Waals surface area (Å²) < 4.78 is 36.7. The van der Waals surface area contributed by atoms with Gasteiger partial charge < -0.3 is 10.6 Å². The molecule has 0 fully saturated rings. The Bertz CT molecular complexity index is 478. The van der Waals surface area contributed by atoms with Crippen LogP contribution >= 0.6 is 24.0 Å². The molecule has 1 rings (SSSR count). The molecule has 2 N–H and O–H groups in total. The van der Waals surface area contributed by atoms with Gasteiger partial charge in [0.15, 0.2) is 5.11 Å². The summed E-state index contributed by atoms with van der Waals surface area (Å²) >= 11 is 5.06. The fraction of sp³-hybridized carbons (Fsp3) is 0.500. The summed E-state index contributed by atoms with van der Waals surface area (Å²) in [5, 5.41) is 6.57. The number of halogens is 3. The maximum Gasteiger partial charge on any atom is 0.446 e. The molecule has 2 nitrogen and oxygen atoms in total. The van der Waals surface area contributed by atoms with Gasteiger partial charge in [0, 0.05) is 16.6 Å². The van der Waals surface area contributed by atoms with Gasteiger partial charge in [-0.25, -0.2) is 0 Å². The van der Waals surface area contributed by atoms with Crippen LogP contribution in [0.1, 0.15) is 27.7 Å². The van der Waals surface area contributed by atoms with Crippen molar-refractivity contribution >= 4 is 34.8 Å². The molecule has 118 valence electrons. The normalized spacial score (nSPS) is 13.7. The average Bonchev–Trinajstić information content (AvgIpc) is 2.28. The molecule has 0 aliphatic carbocycles. The smallest absolute Gasteiger partial charge is 0.359 e. The Morgan fingerprint density at radius 2 is 1.67 bits per heavy atom.